The molecule has 1 rings (SSSR count). The second-order valence-corrected chi connectivity index (χ2v) is 2.42. The average molecular weight is 237 g/mol. The standard InChI is InChI=1S/C5H8IN3/c1-4-7-5(8-6)3-9(4)2/h3,8H,1-2H3. The van der Waals surface area contributed by atoms with E-state index in [-0.39, 0.29) is 0 Å². The molecule has 0 aliphatic carbocycles. The Morgan fingerprint density at radius 3 is 2.67 bits per heavy atom. The number of imidazole rings is 1. The van der Waals surface area contributed by atoms with E-state index >= 15 is 0 Å². The normalized spacial score (nSPS) is 9.67. The summed E-state index contributed by atoms with van der Waals surface area (Å²) < 4.78 is 4.90. The van der Waals surface area contributed by atoms with Gasteiger partial charge in [-0.15, -0.1) is 0 Å². The van der Waals surface area contributed by atoms with Gasteiger partial charge in [-0.2, -0.15) is 0 Å². The number of halogens is 1. The zero-order valence-corrected chi connectivity index (χ0v) is 7.51. The smallest absolute Gasteiger partial charge is 0.153 e. The van der Waals surface area contributed by atoms with Crippen LogP contribution >= 0.6 is 22.9 Å². The highest BCUT2D eigenvalue weighted by Crippen LogP contribution is 2.06. The molecule has 1 aromatic rings. The van der Waals surface area contributed by atoms with E-state index in [4.69, 9.17) is 0 Å². The maximum absolute atomic E-state index is 4.17. The van der Waals surface area contributed by atoms with Crippen LogP contribution in [-0.2, 0) is 7.05 Å². The summed E-state index contributed by atoms with van der Waals surface area (Å²) in [6.45, 7) is 1.97. The van der Waals surface area contributed by atoms with Crippen LogP contribution in [-0.4, -0.2) is 9.55 Å². The minimum atomic E-state index is 0.913. The number of aromatic nitrogens is 2. The van der Waals surface area contributed by atoms with Gasteiger partial charge in [0.25, 0.3) is 0 Å². The van der Waals surface area contributed by atoms with Gasteiger partial charge in [0.05, 0.1) is 22.9 Å². The van der Waals surface area contributed by atoms with Crippen LogP contribution in [0.4, 0.5) is 5.82 Å². The topological polar surface area (TPSA) is 29.9 Å². The predicted molar refractivity (Wildman–Crippen MR) is 45.6 cm³/mol. The molecule has 1 heterocycles. The first-order valence-corrected chi connectivity index (χ1v) is 3.68. The highest BCUT2D eigenvalue weighted by Gasteiger charge is 1.95. The number of rotatable bonds is 1. The predicted octanol–water partition coefficient (Wildman–Crippen LogP) is 1.49. The van der Waals surface area contributed by atoms with Crippen molar-refractivity contribution < 1.29 is 0 Å². The van der Waals surface area contributed by atoms with Crippen molar-refractivity contribution in [1.82, 2.24) is 9.55 Å². The van der Waals surface area contributed by atoms with Crippen LogP contribution in [0.2, 0.25) is 0 Å². The van der Waals surface area contributed by atoms with Crippen molar-refractivity contribution in [3.05, 3.63) is 12.0 Å². The monoisotopic (exact) mass is 237 g/mol. The molecule has 0 unspecified atom stereocenters. The maximum Gasteiger partial charge on any atom is 0.153 e. The Labute approximate surface area is 68.0 Å². The van der Waals surface area contributed by atoms with Crippen molar-refractivity contribution in [2.24, 2.45) is 7.05 Å². The van der Waals surface area contributed by atoms with Gasteiger partial charge in [0.15, 0.2) is 5.82 Å². The van der Waals surface area contributed by atoms with E-state index in [0.29, 0.717) is 0 Å². The van der Waals surface area contributed by atoms with E-state index in [1.807, 2.05) is 24.7 Å². The van der Waals surface area contributed by atoms with E-state index in [1.54, 1.807) is 0 Å². The molecule has 0 atom stereocenters. The molecule has 0 bridgehead atoms. The third kappa shape index (κ3) is 1.35. The molecule has 1 aromatic heterocycles. The molecule has 0 spiro atoms. The molecule has 3 nitrogen and oxygen atoms in total. The first-order valence-electron chi connectivity index (χ1n) is 2.60. The minimum absolute atomic E-state index is 0.913. The summed E-state index contributed by atoms with van der Waals surface area (Å²) in [4.78, 5) is 4.17. The lowest BCUT2D eigenvalue weighted by Gasteiger charge is -1.87. The molecule has 0 saturated carbocycles. The molecule has 0 aliphatic heterocycles. The second kappa shape index (κ2) is 2.55. The van der Waals surface area contributed by atoms with Gasteiger partial charge in [-0.25, -0.2) is 4.98 Å². The van der Waals surface area contributed by atoms with Crippen LogP contribution in [0.3, 0.4) is 0 Å². The minimum Gasteiger partial charge on any atom is -0.336 e. The summed E-state index contributed by atoms with van der Waals surface area (Å²) in [5, 5.41) is 0. The van der Waals surface area contributed by atoms with Crippen LogP contribution in [0.5, 0.6) is 0 Å². The largest absolute Gasteiger partial charge is 0.336 e. The highest BCUT2D eigenvalue weighted by molar-refractivity contribution is 14.1. The molecule has 0 aliphatic rings. The van der Waals surface area contributed by atoms with Crippen molar-refractivity contribution in [1.29, 1.82) is 0 Å². The summed E-state index contributed by atoms with van der Waals surface area (Å²) in [5.41, 5.74) is 0. The molecule has 1 N–H and O–H groups in total. The number of nitrogens with one attached hydrogen (secondary N) is 1. The Kier molecular flexibility index (Phi) is 1.94. The van der Waals surface area contributed by atoms with Gasteiger partial charge >= 0.3 is 0 Å². The summed E-state index contributed by atoms with van der Waals surface area (Å²) in [7, 11) is 1.97. The van der Waals surface area contributed by atoms with Crippen LogP contribution < -0.4 is 3.53 Å². The Hall–Kier alpha value is -0.260. The number of aryl methyl sites for hydroxylation is 2. The van der Waals surface area contributed by atoms with Crippen molar-refractivity contribution in [3.8, 4) is 0 Å². The maximum atomic E-state index is 4.17. The lowest BCUT2D eigenvalue weighted by molar-refractivity contribution is 0.858. The summed E-state index contributed by atoms with van der Waals surface area (Å²) in [6.07, 6.45) is 1.95. The van der Waals surface area contributed by atoms with E-state index < -0.39 is 0 Å². The van der Waals surface area contributed by atoms with Crippen molar-refractivity contribution in [3.63, 3.8) is 0 Å². The molecule has 0 radical (unpaired) electrons. The quantitative estimate of drug-likeness (QED) is 0.592. The van der Waals surface area contributed by atoms with Gasteiger partial charge in [-0.3, -0.25) is 0 Å². The number of nitrogens with zero attached hydrogens (tertiary/aromatic N) is 2. The summed E-state index contributed by atoms with van der Waals surface area (Å²) in [5.74, 6) is 1.93. The van der Waals surface area contributed by atoms with Gasteiger partial charge in [0.2, 0.25) is 0 Å². The Balaban J connectivity index is 2.98. The average Bonchev–Trinajstić information content (AvgIpc) is 2.13. The van der Waals surface area contributed by atoms with E-state index in [0.717, 1.165) is 11.6 Å². The molecule has 9 heavy (non-hydrogen) atoms. The van der Waals surface area contributed by atoms with Crippen molar-refractivity contribution in [2.45, 2.75) is 6.92 Å². The Bertz CT molecular complexity index is 186. The third-order valence-corrected chi connectivity index (χ3v) is 1.76. The fourth-order valence-electron chi connectivity index (χ4n) is 0.604. The number of hydrogen-bond acceptors (Lipinski definition) is 2. The zero-order chi connectivity index (χ0) is 6.85. The highest BCUT2D eigenvalue weighted by atomic mass is 127. The molecule has 50 valence electrons. The van der Waals surface area contributed by atoms with Gasteiger partial charge in [-0.1, -0.05) is 0 Å². The van der Waals surface area contributed by atoms with Crippen LogP contribution in [0.1, 0.15) is 5.82 Å². The molecule has 0 amide bonds. The fraction of sp³-hybridized carbons (Fsp3) is 0.400. The molecular formula is C5H8IN3. The third-order valence-electron chi connectivity index (χ3n) is 1.21. The fourth-order valence-corrected chi connectivity index (χ4v) is 0.864. The molecule has 0 fully saturated rings. The van der Waals surface area contributed by atoms with E-state index in [9.17, 15) is 0 Å². The first kappa shape index (κ1) is 6.85. The van der Waals surface area contributed by atoms with E-state index in [2.05, 4.69) is 31.4 Å². The lowest BCUT2D eigenvalue weighted by atomic mass is 10.7. The van der Waals surface area contributed by atoms with Gasteiger partial charge in [-0.05, 0) is 6.92 Å². The van der Waals surface area contributed by atoms with Crippen LogP contribution in [0.15, 0.2) is 6.20 Å². The van der Waals surface area contributed by atoms with Crippen molar-refractivity contribution in [2.75, 3.05) is 3.53 Å². The molecular weight excluding hydrogens is 229 g/mol. The lowest BCUT2D eigenvalue weighted by Crippen LogP contribution is -1.86. The first-order chi connectivity index (χ1) is 4.24. The SMILES string of the molecule is Cc1nc(NI)cn1C. The number of hydrogen-bond donors (Lipinski definition) is 1. The second-order valence-electron chi connectivity index (χ2n) is 1.88. The van der Waals surface area contributed by atoms with Gasteiger partial charge in [0.1, 0.15) is 5.82 Å². The zero-order valence-electron chi connectivity index (χ0n) is 5.35. The van der Waals surface area contributed by atoms with Crippen LogP contribution in [0, 0.1) is 6.92 Å². The summed E-state index contributed by atoms with van der Waals surface area (Å²) in [6, 6.07) is 0. The Morgan fingerprint density at radius 1 is 1.78 bits per heavy atom. The molecule has 0 aromatic carbocycles. The Morgan fingerprint density at radius 2 is 2.44 bits per heavy atom. The number of anilines is 1. The van der Waals surface area contributed by atoms with Gasteiger partial charge < -0.3 is 8.10 Å². The van der Waals surface area contributed by atoms with E-state index in [1.165, 1.54) is 0 Å². The van der Waals surface area contributed by atoms with Crippen LogP contribution in [0.25, 0.3) is 0 Å². The van der Waals surface area contributed by atoms with Crippen molar-refractivity contribution >= 4 is 28.7 Å². The summed E-state index contributed by atoms with van der Waals surface area (Å²) >= 11 is 2.06. The molecule has 4 heteroatoms. The molecule has 0 saturated heterocycles. The van der Waals surface area contributed by atoms with Gasteiger partial charge in [0, 0.05) is 13.2 Å².